The lowest BCUT2D eigenvalue weighted by atomic mass is 9.89. The zero-order chi connectivity index (χ0) is 13.0. The monoisotopic (exact) mass is 250 g/mol. The molecular formula is C15H22O3. The van der Waals surface area contributed by atoms with Crippen LogP contribution in [0.15, 0.2) is 24.3 Å². The SMILES string of the molecule is CC(C)Oc1ccc(C(O)C2CCOCC2)cc1. The van der Waals surface area contributed by atoms with E-state index in [-0.39, 0.29) is 12.2 Å². The molecule has 18 heavy (non-hydrogen) atoms. The number of rotatable bonds is 4. The fourth-order valence-electron chi connectivity index (χ4n) is 2.32. The number of aliphatic hydroxyl groups excluding tert-OH is 1. The van der Waals surface area contributed by atoms with E-state index in [1.807, 2.05) is 38.1 Å². The van der Waals surface area contributed by atoms with Crippen LogP contribution in [0.4, 0.5) is 0 Å². The van der Waals surface area contributed by atoms with E-state index in [9.17, 15) is 5.11 Å². The van der Waals surface area contributed by atoms with Crippen LogP contribution in [0.25, 0.3) is 0 Å². The smallest absolute Gasteiger partial charge is 0.119 e. The highest BCUT2D eigenvalue weighted by molar-refractivity contribution is 5.29. The average molecular weight is 250 g/mol. The fraction of sp³-hybridized carbons (Fsp3) is 0.600. The van der Waals surface area contributed by atoms with Crippen molar-refractivity contribution < 1.29 is 14.6 Å². The van der Waals surface area contributed by atoms with Crippen LogP contribution >= 0.6 is 0 Å². The number of hydrogen-bond acceptors (Lipinski definition) is 3. The molecule has 0 saturated carbocycles. The van der Waals surface area contributed by atoms with Crippen LogP contribution in [-0.4, -0.2) is 24.4 Å². The molecule has 1 N–H and O–H groups in total. The van der Waals surface area contributed by atoms with Crippen molar-refractivity contribution in [3.63, 3.8) is 0 Å². The summed E-state index contributed by atoms with van der Waals surface area (Å²) >= 11 is 0. The van der Waals surface area contributed by atoms with Crippen molar-refractivity contribution in [1.82, 2.24) is 0 Å². The van der Waals surface area contributed by atoms with Gasteiger partial charge in [-0.05, 0) is 50.3 Å². The molecule has 1 fully saturated rings. The molecule has 0 aliphatic carbocycles. The third kappa shape index (κ3) is 3.47. The standard InChI is InChI=1S/C15H22O3/c1-11(2)18-14-5-3-12(4-6-14)15(16)13-7-9-17-10-8-13/h3-6,11,13,15-16H,7-10H2,1-2H3. The third-order valence-electron chi connectivity index (χ3n) is 3.31. The maximum absolute atomic E-state index is 10.3. The highest BCUT2D eigenvalue weighted by Crippen LogP contribution is 2.30. The van der Waals surface area contributed by atoms with E-state index in [2.05, 4.69) is 0 Å². The first kappa shape index (κ1) is 13.4. The van der Waals surface area contributed by atoms with Gasteiger partial charge in [-0.25, -0.2) is 0 Å². The molecule has 1 aromatic rings. The molecule has 1 heterocycles. The molecule has 0 spiro atoms. The summed E-state index contributed by atoms with van der Waals surface area (Å²) in [5, 5.41) is 10.3. The molecule has 1 atom stereocenters. The van der Waals surface area contributed by atoms with Crippen molar-refractivity contribution in [2.75, 3.05) is 13.2 Å². The van der Waals surface area contributed by atoms with Crippen molar-refractivity contribution in [3.8, 4) is 5.75 Å². The highest BCUT2D eigenvalue weighted by atomic mass is 16.5. The summed E-state index contributed by atoms with van der Waals surface area (Å²) in [5.41, 5.74) is 0.970. The fourth-order valence-corrected chi connectivity index (χ4v) is 2.32. The van der Waals surface area contributed by atoms with E-state index in [0.29, 0.717) is 5.92 Å². The van der Waals surface area contributed by atoms with Gasteiger partial charge in [0.2, 0.25) is 0 Å². The van der Waals surface area contributed by atoms with Gasteiger partial charge in [0.25, 0.3) is 0 Å². The van der Waals surface area contributed by atoms with Gasteiger partial charge in [-0.3, -0.25) is 0 Å². The second kappa shape index (κ2) is 6.21. The second-order valence-electron chi connectivity index (χ2n) is 5.13. The van der Waals surface area contributed by atoms with E-state index in [0.717, 1.165) is 37.4 Å². The molecule has 0 aromatic heterocycles. The summed E-state index contributed by atoms with van der Waals surface area (Å²) in [6.07, 6.45) is 1.66. The van der Waals surface area contributed by atoms with Gasteiger partial charge >= 0.3 is 0 Å². The Morgan fingerprint density at radius 3 is 2.33 bits per heavy atom. The van der Waals surface area contributed by atoms with E-state index in [1.54, 1.807) is 0 Å². The average Bonchev–Trinajstić information content (AvgIpc) is 2.39. The Bertz CT molecular complexity index is 353. The lowest BCUT2D eigenvalue weighted by molar-refractivity contribution is 0.00716. The van der Waals surface area contributed by atoms with Gasteiger partial charge in [0, 0.05) is 13.2 Å². The summed E-state index contributed by atoms with van der Waals surface area (Å²) < 4.78 is 10.9. The Kier molecular flexibility index (Phi) is 4.61. The largest absolute Gasteiger partial charge is 0.491 e. The summed E-state index contributed by atoms with van der Waals surface area (Å²) in [6.45, 7) is 5.53. The Morgan fingerprint density at radius 1 is 1.17 bits per heavy atom. The van der Waals surface area contributed by atoms with Gasteiger partial charge in [-0.15, -0.1) is 0 Å². The van der Waals surface area contributed by atoms with Crippen LogP contribution in [0.3, 0.4) is 0 Å². The van der Waals surface area contributed by atoms with Gasteiger partial charge in [0.1, 0.15) is 5.75 Å². The van der Waals surface area contributed by atoms with Crippen molar-refractivity contribution >= 4 is 0 Å². The molecule has 1 saturated heterocycles. The highest BCUT2D eigenvalue weighted by Gasteiger charge is 2.23. The van der Waals surface area contributed by atoms with Gasteiger partial charge in [-0.1, -0.05) is 12.1 Å². The van der Waals surface area contributed by atoms with Crippen LogP contribution in [0.1, 0.15) is 38.4 Å². The molecule has 0 radical (unpaired) electrons. The number of ether oxygens (including phenoxy) is 2. The number of benzene rings is 1. The van der Waals surface area contributed by atoms with Gasteiger partial charge in [0.15, 0.2) is 0 Å². The second-order valence-corrected chi connectivity index (χ2v) is 5.13. The minimum absolute atomic E-state index is 0.177. The van der Waals surface area contributed by atoms with Crippen LogP contribution in [0, 0.1) is 5.92 Å². The Hall–Kier alpha value is -1.06. The molecule has 1 aliphatic rings. The number of hydrogen-bond donors (Lipinski definition) is 1. The predicted molar refractivity (Wildman–Crippen MR) is 70.7 cm³/mol. The maximum Gasteiger partial charge on any atom is 0.119 e. The Balaban J connectivity index is 1.99. The zero-order valence-electron chi connectivity index (χ0n) is 11.1. The molecule has 1 aromatic carbocycles. The quantitative estimate of drug-likeness (QED) is 0.893. The van der Waals surface area contributed by atoms with Gasteiger partial charge in [0.05, 0.1) is 12.2 Å². The summed E-state index contributed by atoms with van der Waals surface area (Å²) in [7, 11) is 0. The topological polar surface area (TPSA) is 38.7 Å². The Labute approximate surface area is 109 Å². The first-order valence-electron chi connectivity index (χ1n) is 6.69. The van der Waals surface area contributed by atoms with Crippen LogP contribution in [0.5, 0.6) is 5.75 Å². The first-order chi connectivity index (χ1) is 8.66. The predicted octanol–water partition coefficient (Wildman–Crippen LogP) is 2.93. The van der Waals surface area contributed by atoms with Crippen molar-refractivity contribution in [3.05, 3.63) is 29.8 Å². The van der Waals surface area contributed by atoms with Crippen LogP contribution < -0.4 is 4.74 Å². The van der Waals surface area contributed by atoms with Gasteiger partial charge < -0.3 is 14.6 Å². The van der Waals surface area contributed by atoms with Crippen LogP contribution in [0.2, 0.25) is 0 Å². The zero-order valence-corrected chi connectivity index (χ0v) is 11.1. The molecule has 1 aliphatic heterocycles. The molecular weight excluding hydrogens is 228 g/mol. The first-order valence-corrected chi connectivity index (χ1v) is 6.69. The molecule has 3 nitrogen and oxygen atoms in total. The summed E-state index contributed by atoms with van der Waals surface area (Å²) in [5.74, 6) is 1.17. The minimum Gasteiger partial charge on any atom is -0.491 e. The van der Waals surface area contributed by atoms with E-state index < -0.39 is 0 Å². The van der Waals surface area contributed by atoms with E-state index in [4.69, 9.17) is 9.47 Å². The number of aliphatic hydroxyl groups is 1. The lowest BCUT2D eigenvalue weighted by Gasteiger charge is -2.27. The molecule has 0 bridgehead atoms. The summed E-state index contributed by atoms with van der Waals surface area (Å²) in [6, 6.07) is 7.77. The van der Waals surface area contributed by atoms with E-state index in [1.165, 1.54) is 0 Å². The lowest BCUT2D eigenvalue weighted by Crippen LogP contribution is -2.21. The molecule has 2 rings (SSSR count). The van der Waals surface area contributed by atoms with E-state index >= 15 is 0 Å². The van der Waals surface area contributed by atoms with Crippen molar-refractivity contribution in [2.24, 2.45) is 5.92 Å². The molecule has 100 valence electrons. The van der Waals surface area contributed by atoms with Crippen molar-refractivity contribution in [2.45, 2.75) is 38.9 Å². The Morgan fingerprint density at radius 2 is 1.78 bits per heavy atom. The third-order valence-corrected chi connectivity index (χ3v) is 3.31. The molecule has 0 amide bonds. The van der Waals surface area contributed by atoms with Crippen LogP contribution in [-0.2, 0) is 4.74 Å². The van der Waals surface area contributed by atoms with Crippen molar-refractivity contribution in [1.29, 1.82) is 0 Å². The molecule has 3 heteroatoms. The summed E-state index contributed by atoms with van der Waals surface area (Å²) in [4.78, 5) is 0. The minimum atomic E-state index is -0.387. The molecule has 1 unspecified atom stereocenters. The van der Waals surface area contributed by atoms with Gasteiger partial charge in [-0.2, -0.15) is 0 Å². The maximum atomic E-state index is 10.3. The normalized spacial score (nSPS) is 18.9.